The highest BCUT2D eigenvalue weighted by atomic mass is 31.3. The third-order valence-electron chi connectivity index (χ3n) is 9.64. The number of unbranched alkanes of at least 4 members (excludes halogenated alkanes) is 2. The van der Waals surface area contributed by atoms with Gasteiger partial charge < -0.3 is 55.3 Å². The quantitative estimate of drug-likeness (QED) is 0.0262. The van der Waals surface area contributed by atoms with Crippen LogP contribution < -0.4 is 27.5 Å². The summed E-state index contributed by atoms with van der Waals surface area (Å²) < 4.78 is 58.9. The van der Waals surface area contributed by atoms with E-state index in [1.165, 1.54) is 54.7 Å². The summed E-state index contributed by atoms with van der Waals surface area (Å²) in [6.45, 7) is -0.568. The Morgan fingerprint density at radius 3 is 2.41 bits per heavy atom. The molecule has 1 aliphatic carbocycles. The van der Waals surface area contributed by atoms with E-state index in [2.05, 4.69) is 40.6 Å². The Morgan fingerprint density at radius 2 is 1.67 bits per heavy atom. The van der Waals surface area contributed by atoms with Crippen molar-refractivity contribution in [2.24, 2.45) is 0 Å². The zero-order chi connectivity index (χ0) is 48.0. The molecule has 3 heterocycles. The summed E-state index contributed by atoms with van der Waals surface area (Å²) >= 11 is 0. The molecular weight excluding hydrogens is 935 g/mol. The zero-order valence-corrected chi connectivity index (χ0v) is 36.8. The number of hydrogen-bond donors (Lipinski definition) is 9. The van der Waals surface area contributed by atoms with Gasteiger partial charge in [-0.05, 0) is 67.6 Å². The van der Waals surface area contributed by atoms with Crippen molar-refractivity contribution in [3.8, 4) is 40.0 Å². The molecule has 1 fully saturated rings. The fourth-order valence-electron chi connectivity index (χ4n) is 6.77. The molecule has 66 heavy (non-hydrogen) atoms. The number of phenolic OH excluding ortho intramolecular Hbond substituents is 1. The fourth-order valence-corrected chi connectivity index (χ4v) is 9.82. The summed E-state index contributed by atoms with van der Waals surface area (Å²) in [5.74, 6) is 3.17. The average Bonchev–Trinajstić information content (AvgIpc) is 3.70. The number of nitrogens with zero attached hydrogens (tertiary/aromatic N) is 2. The van der Waals surface area contributed by atoms with Gasteiger partial charge in [-0.15, -0.1) is 0 Å². The monoisotopic (exact) mass is 975 g/mol. The van der Waals surface area contributed by atoms with Crippen LogP contribution in [0.2, 0.25) is 0 Å². The first kappa shape index (κ1) is 49.4. The molecule has 2 amide bonds. The lowest BCUT2D eigenvalue weighted by Crippen LogP contribution is -2.29. The Morgan fingerprint density at radius 1 is 0.909 bits per heavy atom. The van der Waals surface area contributed by atoms with Crippen molar-refractivity contribution in [1.29, 1.82) is 0 Å². The largest absolute Gasteiger partial charge is 0.508 e. The fraction of sp³-hybridized carbons (Fsp3) is 0.282. The van der Waals surface area contributed by atoms with E-state index in [1.54, 1.807) is 6.07 Å². The number of phosphoric acid groups is 3. The predicted octanol–water partition coefficient (Wildman–Crippen LogP) is 3.59. The summed E-state index contributed by atoms with van der Waals surface area (Å²) in [5.41, 5.74) is 6.13. The first-order valence-corrected chi connectivity index (χ1v) is 24.0. The Balaban J connectivity index is 0.947. The molecule has 2 unspecified atom stereocenters. The van der Waals surface area contributed by atoms with E-state index in [-0.39, 0.29) is 88.9 Å². The number of nitrogens with two attached hydrogens (primary N) is 1. The van der Waals surface area contributed by atoms with E-state index < -0.39 is 60.0 Å². The molecule has 6 rings (SSSR count). The topological polar surface area (TPSA) is 376 Å². The highest BCUT2D eigenvalue weighted by Crippen LogP contribution is 2.66. The molecule has 0 spiro atoms. The lowest BCUT2D eigenvalue weighted by atomic mass is 9.90. The minimum Gasteiger partial charge on any atom is -0.508 e. The SMILES string of the molecule is Nc1nc(=O)n([C@H]2CC[C@@H](COP(=O)(O)OP(=O)(O)OP(=O)(O)O)O2)cc1C#CCNC(=O)CCCCCNC(=O)c1ccc(-c2c3ccc(=O)cc-3oc3cc(O)ccc23)c(C(=O)O)c1. The first-order valence-electron chi connectivity index (χ1n) is 19.5. The highest BCUT2D eigenvalue weighted by molar-refractivity contribution is 7.66. The second-order valence-corrected chi connectivity index (χ2v) is 18.9. The number of aromatic nitrogens is 2. The number of aromatic carboxylic acids is 1. The van der Waals surface area contributed by atoms with Crippen LogP contribution in [0.15, 0.2) is 74.8 Å². The number of phenols is 1. The number of benzene rings is 3. The Labute approximate surface area is 372 Å². The number of anilines is 1. The number of carbonyl (C=O) groups is 3. The molecule has 3 aliphatic rings. The molecule has 4 atom stereocenters. The van der Waals surface area contributed by atoms with Crippen LogP contribution in [0, 0.1) is 11.8 Å². The smallest absolute Gasteiger partial charge is 0.490 e. The van der Waals surface area contributed by atoms with Gasteiger partial charge in [0.2, 0.25) is 5.91 Å². The molecule has 3 aromatic rings. The van der Waals surface area contributed by atoms with E-state index in [9.17, 15) is 57.7 Å². The summed E-state index contributed by atoms with van der Waals surface area (Å²) in [4.78, 5) is 103. The molecule has 1 saturated heterocycles. The maximum absolute atomic E-state index is 13.1. The van der Waals surface area contributed by atoms with Gasteiger partial charge >= 0.3 is 35.1 Å². The second-order valence-electron chi connectivity index (χ2n) is 14.4. The van der Waals surface area contributed by atoms with Crippen molar-refractivity contribution < 1.29 is 80.2 Å². The molecule has 2 aromatic carbocycles. The van der Waals surface area contributed by atoms with Gasteiger partial charge in [0.25, 0.3) is 5.91 Å². The van der Waals surface area contributed by atoms with Crippen molar-refractivity contribution in [2.75, 3.05) is 25.4 Å². The number of rotatable bonds is 18. The number of phosphoric ester groups is 1. The number of carboxylic acids is 1. The Kier molecular flexibility index (Phi) is 15.4. The molecule has 27 heteroatoms. The molecule has 2 aliphatic heterocycles. The van der Waals surface area contributed by atoms with Gasteiger partial charge in [0, 0.05) is 53.4 Å². The van der Waals surface area contributed by atoms with Crippen molar-refractivity contribution in [1.82, 2.24) is 20.2 Å². The van der Waals surface area contributed by atoms with Crippen molar-refractivity contribution in [2.45, 2.75) is 50.9 Å². The standard InChI is InChI=1S/C39H40N5O19P3/c40-36-23(20-44(39(51)43-36)34-14-10-26(60-34)21-59-65(55,56)63-66(57,58)62-64(52,53)54)5-4-16-41-33(47)6-2-1-3-15-42-37(48)22-7-11-27(30(17-22)38(49)50)35-28-12-8-24(45)18-31(28)61-32-19-25(46)9-13-29(32)35/h7-9,11-13,17-20,26,34,45H,1-3,6,10,14-16,21H2,(H,41,47)(H,42,48)(H,49,50)(H,55,56)(H,57,58)(H2,40,43,51)(H2,52,53,54)/t26-,34+/m0/s1. The zero-order valence-electron chi connectivity index (χ0n) is 34.1. The lowest BCUT2D eigenvalue weighted by molar-refractivity contribution is -0.121. The second kappa shape index (κ2) is 20.6. The van der Waals surface area contributed by atoms with Crippen molar-refractivity contribution in [3.63, 3.8) is 0 Å². The highest BCUT2D eigenvalue weighted by Gasteiger charge is 2.41. The van der Waals surface area contributed by atoms with Crippen molar-refractivity contribution in [3.05, 3.63) is 98.2 Å². The number of carboxylic acid groups (broad SMARTS) is 1. The summed E-state index contributed by atoms with van der Waals surface area (Å²) in [7, 11) is -16.7. The van der Waals surface area contributed by atoms with Gasteiger partial charge in [0.1, 0.15) is 29.1 Å². The van der Waals surface area contributed by atoms with E-state index in [1.807, 2.05) is 0 Å². The van der Waals surface area contributed by atoms with Crippen LogP contribution in [0.1, 0.15) is 71.0 Å². The molecule has 1 aromatic heterocycles. The van der Waals surface area contributed by atoms with Crippen LogP contribution in [0.25, 0.3) is 33.4 Å². The van der Waals surface area contributed by atoms with E-state index >= 15 is 0 Å². The normalized spacial score (nSPS) is 16.8. The number of nitrogen functional groups attached to an aromatic ring is 1. The van der Waals surface area contributed by atoms with Crippen LogP contribution in [0.3, 0.4) is 0 Å². The van der Waals surface area contributed by atoms with Crippen LogP contribution in [-0.2, 0) is 36.4 Å². The summed E-state index contributed by atoms with van der Waals surface area (Å²) in [6, 6.07) is 12.7. The van der Waals surface area contributed by atoms with Gasteiger partial charge in [-0.3, -0.25) is 23.5 Å². The van der Waals surface area contributed by atoms with E-state index in [4.69, 9.17) is 24.7 Å². The third kappa shape index (κ3) is 13.1. The number of hydrogen-bond acceptors (Lipinski definition) is 16. The van der Waals surface area contributed by atoms with Gasteiger partial charge in [0.05, 0.1) is 30.4 Å². The van der Waals surface area contributed by atoms with Gasteiger partial charge in [0.15, 0.2) is 5.43 Å². The van der Waals surface area contributed by atoms with Crippen molar-refractivity contribution >= 4 is 58.0 Å². The number of nitrogens with one attached hydrogen (secondary N) is 2. The summed E-state index contributed by atoms with van der Waals surface area (Å²) in [6.07, 6.45) is 1.32. The molecular formula is C39H40N5O19P3. The number of aromatic hydroxyl groups is 1. The molecule has 0 bridgehead atoms. The number of ether oxygens (including phenoxy) is 1. The molecule has 0 saturated carbocycles. The van der Waals surface area contributed by atoms with Crippen LogP contribution >= 0.6 is 23.5 Å². The minimum atomic E-state index is -5.71. The third-order valence-corrected chi connectivity index (χ3v) is 13.4. The van der Waals surface area contributed by atoms with Crippen LogP contribution in [0.4, 0.5) is 5.82 Å². The molecule has 350 valence electrons. The molecule has 0 radical (unpaired) electrons. The maximum atomic E-state index is 13.1. The number of fused-ring (bicyclic) bond motifs is 2. The predicted molar refractivity (Wildman–Crippen MR) is 230 cm³/mol. The van der Waals surface area contributed by atoms with Gasteiger partial charge in [-0.2, -0.15) is 13.6 Å². The summed E-state index contributed by atoms with van der Waals surface area (Å²) in [5, 5.41) is 26.1. The Bertz CT molecular complexity index is 2990. The Hall–Kier alpha value is -6.05. The van der Waals surface area contributed by atoms with E-state index in [0.717, 1.165) is 4.57 Å². The lowest BCUT2D eigenvalue weighted by Gasteiger charge is -2.19. The van der Waals surface area contributed by atoms with Crippen LogP contribution in [0.5, 0.6) is 5.75 Å². The minimum absolute atomic E-state index is 0.0934. The van der Waals surface area contributed by atoms with Gasteiger partial charge in [-0.25, -0.2) is 23.3 Å². The van der Waals surface area contributed by atoms with E-state index in [0.29, 0.717) is 35.8 Å². The molecule has 24 nitrogen and oxygen atoms in total. The number of amides is 2. The number of carbonyl (C=O) groups excluding carboxylic acids is 2. The van der Waals surface area contributed by atoms with Crippen LogP contribution in [-0.4, -0.2) is 82.9 Å². The van der Waals surface area contributed by atoms with Gasteiger partial charge in [-0.1, -0.05) is 24.3 Å². The average molecular weight is 976 g/mol. The maximum Gasteiger partial charge on any atom is 0.490 e. The molecule has 10 N–H and O–H groups in total. The first-order chi connectivity index (χ1) is 31.1.